The van der Waals surface area contributed by atoms with E-state index in [4.69, 9.17) is 0 Å². The highest BCUT2D eigenvalue weighted by atomic mass is 16.2. The molecule has 5 nitrogen and oxygen atoms in total. The van der Waals surface area contributed by atoms with E-state index in [0.29, 0.717) is 13.0 Å². The maximum Gasteiger partial charge on any atom is 0.227 e. The molecule has 0 spiro atoms. The van der Waals surface area contributed by atoms with Crippen LogP contribution in [0.2, 0.25) is 0 Å². The fraction of sp³-hybridized carbons (Fsp3) is 0.333. The van der Waals surface area contributed by atoms with Gasteiger partial charge in [0, 0.05) is 37.3 Å². The first-order chi connectivity index (χ1) is 12.7. The normalized spacial score (nSPS) is 13.4. The van der Waals surface area contributed by atoms with Crippen molar-refractivity contribution in [3.63, 3.8) is 0 Å². The van der Waals surface area contributed by atoms with Gasteiger partial charge in [0.1, 0.15) is 0 Å². The molecule has 0 aromatic heterocycles. The molecule has 0 saturated carbocycles. The third-order valence-corrected chi connectivity index (χ3v) is 4.54. The average Bonchev–Trinajstić information content (AvgIpc) is 2.66. The zero-order chi connectivity index (χ0) is 18.4. The van der Waals surface area contributed by atoms with E-state index in [1.807, 2.05) is 48.5 Å². The van der Waals surface area contributed by atoms with Gasteiger partial charge < -0.3 is 15.5 Å². The Labute approximate surface area is 154 Å². The number of benzene rings is 2. The lowest BCUT2D eigenvalue weighted by Crippen LogP contribution is -2.37. The molecule has 2 aromatic carbocycles. The monoisotopic (exact) mass is 351 g/mol. The quantitative estimate of drug-likeness (QED) is 0.806. The Morgan fingerprint density at radius 2 is 1.96 bits per heavy atom. The number of rotatable bonds is 7. The van der Waals surface area contributed by atoms with Gasteiger partial charge in [0.25, 0.3) is 0 Å². The molecular weight excluding hydrogens is 326 g/mol. The van der Waals surface area contributed by atoms with Gasteiger partial charge in [-0.05, 0) is 42.3 Å². The standard InChI is InChI=1S/C21H25N3O2/c1-2-22-15-16-6-5-8-18(14-16)23-20(25)12-13-24-19-9-4-3-7-17(19)10-11-21(24)26/h3-9,14,22H,2,10-13,15H2,1H3,(H,23,25). The first-order valence-electron chi connectivity index (χ1n) is 9.15. The van der Waals surface area contributed by atoms with Crippen LogP contribution in [-0.4, -0.2) is 24.9 Å². The minimum Gasteiger partial charge on any atom is -0.326 e. The second-order valence-corrected chi connectivity index (χ2v) is 6.45. The zero-order valence-electron chi connectivity index (χ0n) is 15.1. The number of carbonyl (C=O) groups excluding carboxylic acids is 2. The lowest BCUT2D eigenvalue weighted by Gasteiger charge is -2.29. The van der Waals surface area contributed by atoms with Gasteiger partial charge in [-0.25, -0.2) is 0 Å². The number of nitrogens with zero attached hydrogens (tertiary/aromatic N) is 1. The largest absolute Gasteiger partial charge is 0.326 e. The van der Waals surface area contributed by atoms with Crippen molar-refractivity contribution in [3.05, 3.63) is 59.7 Å². The van der Waals surface area contributed by atoms with Crippen molar-refractivity contribution in [1.29, 1.82) is 0 Å². The fourth-order valence-electron chi connectivity index (χ4n) is 3.21. The summed E-state index contributed by atoms with van der Waals surface area (Å²) in [6.45, 7) is 4.14. The first kappa shape index (κ1) is 18.1. The maximum atomic E-state index is 12.3. The summed E-state index contributed by atoms with van der Waals surface area (Å²) in [5.74, 6) is 0.00518. The second kappa shape index (κ2) is 8.63. The minimum absolute atomic E-state index is 0.0820. The van der Waals surface area contributed by atoms with Crippen LogP contribution in [0, 0.1) is 0 Å². The SMILES string of the molecule is CCNCc1cccc(NC(=O)CCN2C(=O)CCc3ccccc32)c1. The third-order valence-electron chi connectivity index (χ3n) is 4.54. The van der Waals surface area contributed by atoms with E-state index in [0.717, 1.165) is 36.4 Å². The molecule has 0 atom stereocenters. The van der Waals surface area contributed by atoms with Gasteiger partial charge in [0.15, 0.2) is 0 Å². The zero-order valence-corrected chi connectivity index (χ0v) is 15.1. The van der Waals surface area contributed by atoms with E-state index in [1.54, 1.807) is 4.90 Å². The highest BCUT2D eigenvalue weighted by Crippen LogP contribution is 2.27. The van der Waals surface area contributed by atoms with Crippen molar-refractivity contribution in [3.8, 4) is 0 Å². The number of hydrogen-bond donors (Lipinski definition) is 2. The van der Waals surface area contributed by atoms with Crippen LogP contribution in [0.25, 0.3) is 0 Å². The Morgan fingerprint density at radius 3 is 2.81 bits per heavy atom. The number of hydrogen-bond acceptors (Lipinski definition) is 3. The number of nitrogens with one attached hydrogen (secondary N) is 2. The fourth-order valence-corrected chi connectivity index (χ4v) is 3.21. The Balaban J connectivity index is 1.58. The number of para-hydroxylation sites is 1. The Hall–Kier alpha value is -2.66. The predicted molar refractivity (Wildman–Crippen MR) is 104 cm³/mol. The molecule has 3 rings (SSSR count). The van der Waals surface area contributed by atoms with Crippen LogP contribution < -0.4 is 15.5 Å². The van der Waals surface area contributed by atoms with Crippen LogP contribution in [0.5, 0.6) is 0 Å². The molecule has 2 amide bonds. The van der Waals surface area contributed by atoms with Gasteiger partial charge in [-0.3, -0.25) is 9.59 Å². The molecule has 1 aliphatic heterocycles. The van der Waals surface area contributed by atoms with Crippen molar-refractivity contribution < 1.29 is 9.59 Å². The van der Waals surface area contributed by atoms with Crippen LogP contribution in [0.4, 0.5) is 11.4 Å². The Bertz CT molecular complexity index is 788. The average molecular weight is 351 g/mol. The van der Waals surface area contributed by atoms with E-state index in [2.05, 4.69) is 17.6 Å². The molecule has 0 bridgehead atoms. The minimum atomic E-state index is -0.0820. The number of carbonyl (C=O) groups is 2. The summed E-state index contributed by atoms with van der Waals surface area (Å²) in [6, 6.07) is 15.7. The summed E-state index contributed by atoms with van der Waals surface area (Å²) in [5.41, 5.74) is 4.02. The Morgan fingerprint density at radius 1 is 1.12 bits per heavy atom. The van der Waals surface area contributed by atoms with Crippen molar-refractivity contribution in [2.24, 2.45) is 0 Å². The van der Waals surface area contributed by atoms with Crippen molar-refractivity contribution in [1.82, 2.24) is 5.32 Å². The number of amides is 2. The summed E-state index contributed by atoms with van der Waals surface area (Å²) < 4.78 is 0. The van der Waals surface area contributed by atoms with E-state index in [1.165, 1.54) is 5.56 Å². The molecule has 136 valence electrons. The van der Waals surface area contributed by atoms with Gasteiger partial charge in [-0.1, -0.05) is 37.3 Å². The van der Waals surface area contributed by atoms with Crippen LogP contribution in [0.3, 0.4) is 0 Å². The third kappa shape index (κ3) is 4.49. The molecule has 0 fully saturated rings. The molecule has 0 saturated heterocycles. The molecular formula is C21H25N3O2. The molecule has 1 heterocycles. The molecule has 5 heteroatoms. The summed E-state index contributed by atoms with van der Waals surface area (Å²) >= 11 is 0. The summed E-state index contributed by atoms with van der Waals surface area (Å²) in [7, 11) is 0. The molecule has 26 heavy (non-hydrogen) atoms. The lowest BCUT2D eigenvalue weighted by atomic mass is 10.0. The molecule has 0 unspecified atom stereocenters. The van der Waals surface area contributed by atoms with Crippen LogP contribution in [0.15, 0.2) is 48.5 Å². The van der Waals surface area contributed by atoms with Crippen LogP contribution in [-0.2, 0) is 22.6 Å². The topological polar surface area (TPSA) is 61.4 Å². The molecule has 2 N–H and O–H groups in total. The number of anilines is 2. The van der Waals surface area contributed by atoms with E-state index in [9.17, 15) is 9.59 Å². The predicted octanol–water partition coefficient (Wildman–Crippen LogP) is 3.10. The van der Waals surface area contributed by atoms with E-state index >= 15 is 0 Å². The summed E-state index contributed by atoms with van der Waals surface area (Å²) in [4.78, 5) is 26.3. The Kier molecular flexibility index (Phi) is 6.02. The smallest absolute Gasteiger partial charge is 0.227 e. The van der Waals surface area contributed by atoms with Gasteiger partial charge in [-0.2, -0.15) is 0 Å². The van der Waals surface area contributed by atoms with Gasteiger partial charge in [-0.15, -0.1) is 0 Å². The molecule has 2 aromatic rings. The maximum absolute atomic E-state index is 12.3. The summed E-state index contributed by atoms with van der Waals surface area (Å²) in [6.07, 6.45) is 1.55. The number of aryl methyl sites for hydroxylation is 1. The van der Waals surface area contributed by atoms with E-state index in [-0.39, 0.29) is 18.2 Å². The van der Waals surface area contributed by atoms with Crippen LogP contribution in [0.1, 0.15) is 30.9 Å². The van der Waals surface area contributed by atoms with Crippen molar-refractivity contribution >= 4 is 23.2 Å². The van der Waals surface area contributed by atoms with Gasteiger partial charge >= 0.3 is 0 Å². The van der Waals surface area contributed by atoms with Gasteiger partial charge in [0.2, 0.25) is 11.8 Å². The summed E-state index contributed by atoms with van der Waals surface area (Å²) in [5, 5.41) is 6.20. The molecule has 0 aliphatic carbocycles. The number of fused-ring (bicyclic) bond motifs is 1. The van der Waals surface area contributed by atoms with Crippen molar-refractivity contribution in [2.45, 2.75) is 32.7 Å². The van der Waals surface area contributed by atoms with Crippen molar-refractivity contribution in [2.75, 3.05) is 23.3 Å². The van der Waals surface area contributed by atoms with Gasteiger partial charge in [0.05, 0.1) is 0 Å². The highest BCUT2D eigenvalue weighted by molar-refractivity contribution is 5.98. The molecule has 0 radical (unpaired) electrons. The molecule has 1 aliphatic rings. The highest BCUT2D eigenvalue weighted by Gasteiger charge is 2.23. The van der Waals surface area contributed by atoms with Crippen LogP contribution >= 0.6 is 0 Å². The second-order valence-electron chi connectivity index (χ2n) is 6.45. The van der Waals surface area contributed by atoms with E-state index < -0.39 is 0 Å². The lowest BCUT2D eigenvalue weighted by molar-refractivity contribution is -0.119. The first-order valence-corrected chi connectivity index (χ1v) is 9.15.